The number of allylic oxidation sites excluding steroid dienone is 2. The molecule has 1 aromatic heterocycles. The number of ether oxygens (including phenoxy) is 1. The Bertz CT molecular complexity index is 935. The van der Waals surface area contributed by atoms with Gasteiger partial charge >= 0.3 is 0 Å². The van der Waals surface area contributed by atoms with Crippen molar-refractivity contribution in [3.63, 3.8) is 0 Å². The maximum Gasteiger partial charge on any atom is 0.159 e. The summed E-state index contributed by atoms with van der Waals surface area (Å²) in [5.41, 5.74) is 2.30. The van der Waals surface area contributed by atoms with Gasteiger partial charge in [0.05, 0.1) is 29.8 Å². The van der Waals surface area contributed by atoms with Crippen LogP contribution in [0.4, 0.5) is 5.82 Å². The first-order chi connectivity index (χ1) is 12.6. The highest BCUT2D eigenvalue weighted by Gasteiger charge is 2.33. The van der Waals surface area contributed by atoms with Gasteiger partial charge < -0.3 is 9.64 Å². The van der Waals surface area contributed by atoms with Crippen LogP contribution in [0.15, 0.2) is 36.4 Å². The minimum absolute atomic E-state index is 0.0710. The lowest BCUT2D eigenvalue weighted by molar-refractivity contribution is 0.0638. The molecule has 0 radical (unpaired) electrons. The van der Waals surface area contributed by atoms with E-state index in [1.807, 2.05) is 0 Å². The first kappa shape index (κ1) is 17.1. The molecule has 26 heavy (non-hydrogen) atoms. The Morgan fingerprint density at radius 2 is 1.92 bits per heavy atom. The van der Waals surface area contributed by atoms with Gasteiger partial charge in [0.25, 0.3) is 0 Å². The van der Waals surface area contributed by atoms with Crippen LogP contribution in [-0.2, 0) is 4.74 Å². The zero-order valence-electron chi connectivity index (χ0n) is 15.9. The predicted octanol–water partition coefficient (Wildman–Crippen LogP) is 2.71. The monoisotopic (exact) mass is 349 g/mol. The number of rotatable bonds is 2. The van der Waals surface area contributed by atoms with Crippen LogP contribution in [0.5, 0.6) is 0 Å². The Hall–Kier alpha value is -2.33. The molecular weight excluding hydrogens is 322 g/mol. The van der Waals surface area contributed by atoms with E-state index in [1.54, 1.807) is 0 Å². The van der Waals surface area contributed by atoms with Crippen LogP contribution in [0, 0.1) is 6.92 Å². The van der Waals surface area contributed by atoms with E-state index in [0.29, 0.717) is 0 Å². The molecule has 0 saturated carbocycles. The number of benzene rings is 1. The predicted molar refractivity (Wildman–Crippen MR) is 107 cm³/mol. The summed E-state index contributed by atoms with van der Waals surface area (Å²) in [4.78, 5) is 2.40. The molecule has 4 nitrogen and oxygen atoms in total. The summed E-state index contributed by atoms with van der Waals surface area (Å²) in [6.07, 6.45) is 11.0. The van der Waals surface area contributed by atoms with Crippen LogP contribution in [0.3, 0.4) is 0 Å². The molecule has 4 heteroatoms. The van der Waals surface area contributed by atoms with E-state index >= 15 is 0 Å². The fourth-order valence-electron chi connectivity index (χ4n) is 3.70. The van der Waals surface area contributed by atoms with E-state index in [4.69, 9.17) is 9.84 Å². The number of anilines is 1. The molecule has 4 rings (SSSR count). The van der Waals surface area contributed by atoms with Crippen molar-refractivity contribution in [2.75, 3.05) is 24.7 Å². The highest BCUT2D eigenvalue weighted by atomic mass is 16.5. The third-order valence-corrected chi connectivity index (χ3v) is 5.19. The molecule has 1 aromatic carbocycles. The minimum Gasteiger partial charge on any atom is -0.377 e. The summed E-state index contributed by atoms with van der Waals surface area (Å²) >= 11 is 0. The average Bonchev–Trinajstić information content (AvgIpc) is 2.92. The van der Waals surface area contributed by atoms with Gasteiger partial charge in [0, 0.05) is 11.8 Å². The van der Waals surface area contributed by atoms with E-state index < -0.39 is 0 Å². The summed E-state index contributed by atoms with van der Waals surface area (Å²) in [5.74, 6) is 1.05. The Labute approximate surface area is 155 Å². The molecule has 136 valence electrons. The average molecular weight is 349 g/mol. The molecule has 0 N–H and O–H groups in total. The van der Waals surface area contributed by atoms with Crippen molar-refractivity contribution in [3.05, 3.63) is 52.5 Å². The fraction of sp³-hybridized carbons (Fsp3) is 0.409. The topological polar surface area (TPSA) is 30.3 Å². The van der Waals surface area contributed by atoms with Crippen LogP contribution in [0.25, 0.3) is 17.8 Å². The van der Waals surface area contributed by atoms with Crippen LogP contribution in [0.1, 0.15) is 32.3 Å². The fourth-order valence-corrected chi connectivity index (χ4v) is 3.70. The third kappa shape index (κ3) is 3.10. The van der Waals surface area contributed by atoms with Crippen molar-refractivity contribution in [1.82, 2.24) is 9.78 Å². The van der Waals surface area contributed by atoms with E-state index in [0.717, 1.165) is 44.1 Å². The van der Waals surface area contributed by atoms with Gasteiger partial charge in [-0.2, -0.15) is 0 Å². The minimum atomic E-state index is -0.0710. The highest BCUT2D eigenvalue weighted by Crippen LogP contribution is 2.23. The summed E-state index contributed by atoms with van der Waals surface area (Å²) < 4.78 is 7.82. The Balaban J connectivity index is 1.95. The number of nitrogens with zero attached hydrogens (tertiary/aromatic N) is 3. The van der Waals surface area contributed by atoms with Gasteiger partial charge in [0.1, 0.15) is 0 Å². The van der Waals surface area contributed by atoms with Gasteiger partial charge in [-0.25, -0.2) is 4.68 Å². The molecule has 1 saturated heterocycles. The van der Waals surface area contributed by atoms with Gasteiger partial charge in [-0.1, -0.05) is 35.9 Å². The Kier molecular flexibility index (Phi) is 4.45. The molecule has 1 fully saturated rings. The number of aromatic nitrogens is 2. The van der Waals surface area contributed by atoms with Gasteiger partial charge in [0.2, 0.25) is 0 Å². The second kappa shape index (κ2) is 6.76. The standard InChI is InChI=1S/C22H27N3O/c1-17-10-12-18(13-11-17)25-20-9-7-5-4-6-8-19(20)21(23-25)24-14-15-26-16-22(24,2)3/h4,6,8-13H,5,7,14-16H2,1-3H3. The molecule has 0 spiro atoms. The second-order valence-corrected chi connectivity index (χ2v) is 7.76. The van der Waals surface area contributed by atoms with E-state index in [1.165, 1.54) is 16.1 Å². The highest BCUT2D eigenvalue weighted by molar-refractivity contribution is 5.55. The maximum absolute atomic E-state index is 5.72. The van der Waals surface area contributed by atoms with Gasteiger partial charge in [-0.3, -0.25) is 0 Å². The van der Waals surface area contributed by atoms with Crippen molar-refractivity contribution in [2.24, 2.45) is 0 Å². The molecule has 1 aliphatic carbocycles. The molecule has 0 atom stereocenters. The largest absolute Gasteiger partial charge is 0.377 e. The molecule has 2 heterocycles. The quantitative estimate of drug-likeness (QED) is 0.835. The lowest BCUT2D eigenvalue weighted by atomic mass is 10.0. The lowest BCUT2D eigenvalue weighted by Crippen LogP contribution is -2.55. The molecular formula is C22H27N3O. The van der Waals surface area contributed by atoms with Crippen LogP contribution in [0.2, 0.25) is 0 Å². The van der Waals surface area contributed by atoms with Crippen LogP contribution < -0.4 is 15.5 Å². The third-order valence-electron chi connectivity index (χ3n) is 5.19. The van der Waals surface area contributed by atoms with E-state index in [9.17, 15) is 0 Å². The van der Waals surface area contributed by atoms with Gasteiger partial charge in [-0.15, -0.1) is 5.10 Å². The smallest absolute Gasteiger partial charge is 0.159 e. The molecule has 2 aliphatic rings. The SMILES string of the molecule is Cc1ccc(-n2nc(N3CCOCC3(C)C)c3c2=CCCC=CC=3)cc1. The first-order valence-corrected chi connectivity index (χ1v) is 9.45. The van der Waals surface area contributed by atoms with Crippen molar-refractivity contribution in [2.45, 2.75) is 39.2 Å². The Morgan fingerprint density at radius 1 is 1.12 bits per heavy atom. The van der Waals surface area contributed by atoms with Crippen molar-refractivity contribution in [3.8, 4) is 5.69 Å². The van der Waals surface area contributed by atoms with Crippen LogP contribution >= 0.6 is 0 Å². The molecule has 2 aromatic rings. The molecule has 0 amide bonds. The van der Waals surface area contributed by atoms with Crippen molar-refractivity contribution < 1.29 is 4.74 Å². The van der Waals surface area contributed by atoms with E-state index in [-0.39, 0.29) is 5.54 Å². The van der Waals surface area contributed by atoms with Gasteiger partial charge in [-0.05, 0) is 51.8 Å². The number of hydrogen-bond acceptors (Lipinski definition) is 3. The number of morpholine rings is 1. The molecule has 1 aliphatic heterocycles. The van der Waals surface area contributed by atoms with Crippen molar-refractivity contribution >= 4 is 18.0 Å². The summed E-state index contributed by atoms with van der Waals surface area (Å²) in [6, 6.07) is 8.60. The van der Waals surface area contributed by atoms with Crippen molar-refractivity contribution in [1.29, 1.82) is 0 Å². The zero-order chi connectivity index (χ0) is 18.1. The van der Waals surface area contributed by atoms with Gasteiger partial charge in [0.15, 0.2) is 5.82 Å². The van der Waals surface area contributed by atoms with Crippen LogP contribution in [-0.4, -0.2) is 35.1 Å². The zero-order valence-corrected chi connectivity index (χ0v) is 15.9. The first-order valence-electron chi connectivity index (χ1n) is 9.45. The summed E-state index contributed by atoms with van der Waals surface area (Å²) in [5, 5.41) is 7.48. The molecule has 0 unspecified atom stereocenters. The summed E-state index contributed by atoms with van der Waals surface area (Å²) in [6.45, 7) is 8.90. The molecule has 0 bridgehead atoms. The maximum atomic E-state index is 5.72. The number of aryl methyl sites for hydroxylation is 1. The lowest BCUT2D eigenvalue weighted by Gasteiger charge is -2.42. The summed E-state index contributed by atoms with van der Waals surface area (Å²) in [7, 11) is 0. The van der Waals surface area contributed by atoms with E-state index in [2.05, 4.69) is 78.9 Å². The number of hydrogen-bond donors (Lipinski definition) is 0. The second-order valence-electron chi connectivity index (χ2n) is 7.76. The number of fused-ring (bicyclic) bond motifs is 1. The Morgan fingerprint density at radius 3 is 2.69 bits per heavy atom. The normalized spacial score (nSPS) is 19.1.